The van der Waals surface area contributed by atoms with Crippen molar-refractivity contribution in [2.45, 2.75) is 25.1 Å². The summed E-state index contributed by atoms with van der Waals surface area (Å²) in [6.07, 6.45) is -3.59. The molecule has 1 fully saturated rings. The summed E-state index contributed by atoms with van der Waals surface area (Å²) >= 11 is 5.92. The molecule has 2 amide bonds. The van der Waals surface area contributed by atoms with E-state index in [0.717, 1.165) is 5.39 Å². The van der Waals surface area contributed by atoms with Crippen molar-refractivity contribution in [3.63, 3.8) is 0 Å². The van der Waals surface area contributed by atoms with Crippen LogP contribution >= 0.6 is 11.6 Å². The van der Waals surface area contributed by atoms with Crippen LogP contribution in [0.5, 0.6) is 0 Å². The number of likely N-dealkylation sites (tertiary alicyclic amines) is 1. The molecule has 1 atom stereocenters. The smallest absolute Gasteiger partial charge is 0.351 e. The fourth-order valence-corrected chi connectivity index (χ4v) is 3.14. The van der Waals surface area contributed by atoms with Crippen LogP contribution in [-0.2, 0) is 4.79 Å². The van der Waals surface area contributed by atoms with Crippen molar-refractivity contribution in [2.24, 2.45) is 0 Å². The topological polar surface area (TPSA) is 65.2 Å². The number of carbonyl (C=O) groups is 2. The van der Waals surface area contributed by atoms with E-state index in [9.17, 15) is 22.8 Å². The van der Waals surface area contributed by atoms with E-state index in [1.807, 2.05) is 5.32 Å². The van der Waals surface area contributed by atoms with Gasteiger partial charge in [0.15, 0.2) is 0 Å². The minimum Gasteiger partial charge on any atom is -0.351 e. The van der Waals surface area contributed by atoms with Gasteiger partial charge in [-0.15, -0.1) is 0 Å². The Bertz CT molecular complexity index is 819. The normalized spacial score (nSPS) is 17.9. The molecule has 1 aromatic heterocycles. The van der Waals surface area contributed by atoms with Gasteiger partial charge in [0.25, 0.3) is 5.91 Å². The second-order valence-electron chi connectivity index (χ2n) is 5.90. The maximum atomic E-state index is 12.7. The van der Waals surface area contributed by atoms with E-state index in [0.29, 0.717) is 29.9 Å². The van der Waals surface area contributed by atoms with Crippen LogP contribution in [0.1, 0.15) is 23.3 Å². The van der Waals surface area contributed by atoms with E-state index in [1.165, 1.54) is 4.90 Å². The van der Waals surface area contributed by atoms with Crippen LogP contribution in [0.2, 0.25) is 5.02 Å². The first kappa shape index (κ1) is 17.6. The minimum absolute atomic E-state index is 0.271. The monoisotopic (exact) mass is 373 g/mol. The first-order chi connectivity index (χ1) is 11.7. The van der Waals surface area contributed by atoms with E-state index in [4.69, 9.17) is 11.6 Å². The molecule has 3 rings (SSSR count). The third kappa shape index (κ3) is 3.89. The van der Waals surface area contributed by atoms with Crippen molar-refractivity contribution in [1.82, 2.24) is 15.2 Å². The van der Waals surface area contributed by atoms with E-state index in [1.54, 1.807) is 24.3 Å². The van der Waals surface area contributed by atoms with E-state index < -0.39 is 30.6 Å². The highest BCUT2D eigenvalue weighted by Gasteiger charge is 2.37. The Hall–Kier alpha value is -2.22. The summed E-state index contributed by atoms with van der Waals surface area (Å²) in [5.74, 6) is -1.21. The number of hydrogen-bond donors (Lipinski definition) is 2. The number of carbonyl (C=O) groups excluding carboxylic acids is 2. The number of alkyl halides is 3. The quantitative estimate of drug-likeness (QED) is 0.868. The Morgan fingerprint density at radius 1 is 1.32 bits per heavy atom. The van der Waals surface area contributed by atoms with E-state index >= 15 is 0 Å². The number of hydrogen-bond acceptors (Lipinski definition) is 2. The van der Waals surface area contributed by atoms with Gasteiger partial charge in [-0.25, -0.2) is 0 Å². The number of aromatic nitrogens is 1. The van der Waals surface area contributed by atoms with Gasteiger partial charge in [-0.3, -0.25) is 9.59 Å². The third-order valence-corrected chi connectivity index (χ3v) is 4.33. The number of aromatic amines is 1. The van der Waals surface area contributed by atoms with Crippen LogP contribution in [0.15, 0.2) is 24.3 Å². The molecule has 2 heterocycles. The third-order valence-electron chi connectivity index (χ3n) is 4.09. The molecule has 0 bridgehead atoms. The Balaban J connectivity index is 1.76. The lowest BCUT2D eigenvalue weighted by Crippen LogP contribution is -2.48. The lowest BCUT2D eigenvalue weighted by Gasteiger charge is -2.23. The second-order valence-corrected chi connectivity index (χ2v) is 6.34. The Morgan fingerprint density at radius 2 is 2.08 bits per heavy atom. The van der Waals surface area contributed by atoms with Crippen LogP contribution in [-0.4, -0.2) is 47.0 Å². The number of nitrogens with one attached hydrogen (secondary N) is 2. The largest absolute Gasteiger partial charge is 0.405 e. The molecule has 2 N–H and O–H groups in total. The van der Waals surface area contributed by atoms with Crippen molar-refractivity contribution in [3.05, 3.63) is 35.0 Å². The van der Waals surface area contributed by atoms with Crippen molar-refractivity contribution in [1.29, 1.82) is 0 Å². The van der Waals surface area contributed by atoms with Crippen molar-refractivity contribution in [3.8, 4) is 0 Å². The van der Waals surface area contributed by atoms with Crippen molar-refractivity contribution < 1.29 is 22.8 Å². The molecule has 0 spiro atoms. The van der Waals surface area contributed by atoms with Gasteiger partial charge in [-0.1, -0.05) is 11.6 Å². The second kappa shape index (κ2) is 6.59. The minimum atomic E-state index is -4.49. The van der Waals surface area contributed by atoms with Crippen molar-refractivity contribution in [2.75, 3.05) is 13.1 Å². The predicted octanol–water partition coefficient (Wildman–Crippen LogP) is 3.10. The highest BCUT2D eigenvalue weighted by molar-refractivity contribution is 6.31. The molecule has 134 valence electrons. The van der Waals surface area contributed by atoms with Crippen LogP contribution in [0.3, 0.4) is 0 Å². The molecule has 0 radical (unpaired) electrons. The zero-order chi connectivity index (χ0) is 18.2. The standard InChI is InChI=1S/C16H15ClF3N3O2/c17-10-3-4-11-9(6-10)7-12(22-11)15(25)23-5-1-2-13(23)14(24)21-8-16(18,19)20/h3-4,6-7,13,22H,1-2,5,8H2,(H,21,24)/t13-/m1/s1. The average molecular weight is 374 g/mol. The molecule has 25 heavy (non-hydrogen) atoms. The lowest BCUT2D eigenvalue weighted by atomic mass is 10.2. The molecule has 1 aromatic carbocycles. The van der Waals surface area contributed by atoms with Gasteiger partial charge in [0.1, 0.15) is 18.3 Å². The number of rotatable bonds is 3. The lowest BCUT2D eigenvalue weighted by molar-refractivity contribution is -0.140. The zero-order valence-corrected chi connectivity index (χ0v) is 13.7. The van der Waals surface area contributed by atoms with Crippen molar-refractivity contribution >= 4 is 34.3 Å². The molecule has 5 nitrogen and oxygen atoms in total. The Kier molecular flexibility index (Phi) is 4.64. The number of benzene rings is 1. The number of amides is 2. The summed E-state index contributed by atoms with van der Waals surface area (Å²) in [4.78, 5) is 29.0. The first-order valence-electron chi connectivity index (χ1n) is 7.68. The van der Waals surface area contributed by atoms with Crippen LogP contribution in [0, 0.1) is 0 Å². The maximum Gasteiger partial charge on any atom is 0.405 e. The van der Waals surface area contributed by atoms with Crippen LogP contribution in [0.4, 0.5) is 13.2 Å². The highest BCUT2D eigenvalue weighted by atomic mass is 35.5. The molecule has 9 heteroatoms. The summed E-state index contributed by atoms with van der Waals surface area (Å²) in [5.41, 5.74) is 0.984. The fourth-order valence-electron chi connectivity index (χ4n) is 2.96. The summed E-state index contributed by atoms with van der Waals surface area (Å²) < 4.78 is 36.8. The molecule has 1 aliphatic heterocycles. The van der Waals surface area contributed by atoms with E-state index in [2.05, 4.69) is 4.98 Å². The molecule has 0 aliphatic carbocycles. The maximum absolute atomic E-state index is 12.7. The molecule has 2 aromatic rings. The molecule has 0 saturated carbocycles. The summed E-state index contributed by atoms with van der Waals surface area (Å²) in [7, 11) is 0. The average Bonchev–Trinajstić information content (AvgIpc) is 3.17. The van der Waals surface area contributed by atoms with Gasteiger partial charge >= 0.3 is 6.18 Å². The molecule has 1 aliphatic rings. The number of halogens is 4. The number of nitrogens with zero attached hydrogens (tertiary/aromatic N) is 1. The molecular formula is C16H15ClF3N3O2. The van der Waals surface area contributed by atoms with Crippen LogP contribution in [0.25, 0.3) is 10.9 Å². The van der Waals surface area contributed by atoms with Gasteiger partial charge in [0, 0.05) is 22.5 Å². The summed E-state index contributed by atoms with van der Waals surface area (Å²) in [6, 6.07) is 5.82. The fraction of sp³-hybridized carbons (Fsp3) is 0.375. The predicted molar refractivity (Wildman–Crippen MR) is 86.4 cm³/mol. The first-order valence-corrected chi connectivity index (χ1v) is 8.06. The van der Waals surface area contributed by atoms with E-state index in [-0.39, 0.29) is 5.69 Å². The Labute approximate surface area is 146 Å². The number of H-pyrrole nitrogens is 1. The zero-order valence-electron chi connectivity index (χ0n) is 13.0. The van der Waals surface area contributed by atoms with Crippen LogP contribution < -0.4 is 5.32 Å². The Morgan fingerprint density at radius 3 is 2.80 bits per heavy atom. The summed E-state index contributed by atoms with van der Waals surface area (Å²) in [6.45, 7) is -1.09. The molecular weight excluding hydrogens is 359 g/mol. The molecule has 1 saturated heterocycles. The van der Waals surface area contributed by atoms with Gasteiger partial charge in [0.05, 0.1) is 0 Å². The molecule has 0 unspecified atom stereocenters. The SMILES string of the molecule is O=C(NCC(F)(F)F)[C@H]1CCCN1C(=O)c1cc2cc(Cl)ccc2[nH]1. The van der Waals surface area contributed by atoms with Gasteiger partial charge in [-0.05, 0) is 37.1 Å². The van der Waals surface area contributed by atoms with Gasteiger partial charge in [0.2, 0.25) is 5.91 Å². The van der Waals surface area contributed by atoms with Gasteiger partial charge in [-0.2, -0.15) is 13.2 Å². The van der Waals surface area contributed by atoms with Gasteiger partial charge < -0.3 is 15.2 Å². The summed E-state index contributed by atoms with van der Waals surface area (Å²) in [5, 5.41) is 3.12. The highest BCUT2D eigenvalue weighted by Crippen LogP contribution is 2.24. The number of fused-ring (bicyclic) bond motifs is 1.